The molecule has 0 radical (unpaired) electrons. The number of carbonyl (C=O) groups is 1. The largest absolute Gasteiger partial charge is 0.394 e. The fourth-order valence-corrected chi connectivity index (χ4v) is 11.7. The molecule has 7 atom stereocenters. The maximum absolute atomic E-state index is 13.1. The van der Waals surface area contributed by atoms with Gasteiger partial charge in [-0.3, -0.25) is 4.79 Å². The number of hydrogen-bond acceptors (Lipinski definition) is 8. The minimum absolute atomic E-state index is 0.133. The Bertz CT molecular complexity index is 1310. The lowest BCUT2D eigenvalue weighted by Crippen LogP contribution is -2.60. The minimum atomic E-state index is -1.55. The topological polar surface area (TPSA) is 149 Å². The third kappa shape index (κ3) is 49.0. The summed E-state index contributed by atoms with van der Waals surface area (Å²) in [5.74, 6) is -0.137. The highest BCUT2D eigenvalue weighted by atomic mass is 16.7. The van der Waals surface area contributed by atoms with Crippen molar-refractivity contribution in [3.05, 3.63) is 24.3 Å². The lowest BCUT2D eigenvalue weighted by atomic mass is 9.99. The Hall–Kier alpha value is -1.33. The Morgan fingerprint density at radius 3 is 1.07 bits per heavy atom. The summed E-state index contributed by atoms with van der Waals surface area (Å²) in [6.45, 7) is 3.90. The Morgan fingerprint density at radius 1 is 0.425 bits per heavy atom. The van der Waals surface area contributed by atoms with Crippen LogP contribution >= 0.6 is 0 Å². The van der Waals surface area contributed by atoms with E-state index in [1.807, 2.05) is 0 Å². The molecule has 9 nitrogen and oxygen atoms in total. The van der Waals surface area contributed by atoms with Crippen LogP contribution in [-0.4, -0.2) is 87.5 Å². The van der Waals surface area contributed by atoms with Crippen LogP contribution < -0.4 is 5.32 Å². The molecule has 6 N–H and O–H groups in total. The van der Waals surface area contributed by atoms with E-state index >= 15 is 0 Å². The predicted octanol–water partition coefficient (Wildman–Crippen LogP) is 19.3. The van der Waals surface area contributed by atoms with Gasteiger partial charge in [0, 0.05) is 6.42 Å². The monoisotopic (exact) mass is 1130 g/mol. The summed E-state index contributed by atoms with van der Waals surface area (Å²) in [6.07, 6.45) is 72.5. The number of ether oxygens (including phenoxy) is 2. The zero-order valence-electron chi connectivity index (χ0n) is 53.1. The van der Waals surface area contributed by atoms with Gasteiger partial charge < -0.3 is 40.3 Å². The van der Waals surface area contributed by atoms with E-state index in [0.29, 0.717) is 12.8 Å². The van der Waals surface area contributed by atoms with Crippen molar-refractivity contribution >= 4 is 5.91 Å². The first-order valence-corrected chi connectivity index (χ1v) is 35.5. The summed E-state index contributed by atoms with van der Waals surface area (Å²) >= 11 is 0. The van der Waals surface area contributed by atoms with Crippen LogP contribution in [-0.2, 0) is 14.3 Å². The van der Waals surface area contributed by atoms with Crippen LogP contribution in [0.4, 0.5) is 0 Å². The molecular formula is C71H137NO8. The second-order valence-electron chi connectivity index (χ2n) is 25.0. The summed E-state index contributed by atoms with van der Waals surface area (Å²) in [4.78, 5) is 13.1. The molecule has 1 saturated heterocycles. The molecule has 7 unspecified atom stereocenters. The van der Waals surface area contributed by atoms with Crippen LogP contribution in [0.15, 0.2) is 24.3 Å². The Morgan fingerprint density at radius 2 is 0.738 bits per heavy atom. The van der Waals surface area contributed by atoms with Crippen molar-refractivity contribution in [2.24, 2.45) is 0 Å². The first-order chi connectivity index (χ1) is 39.3. The summed E-state index contributed by atoms with van der Waals surface area (Å²) in [6, 6.07) is -0.718. The van der Waals surface area contributed by atoms with Gasteiger partial charge in [0.25, 0.3) is 0 Å². The normalized spacial score (nSPS) is 18.5. The zero-order chi connectivity index (χ0) is 57.9. The molecule has 1 rings (SSSR count). The van der Waals surface area contributed by atoms with Crippen LogP contribution in [0.1, 0.15) is 367 Å². The number of aliphatic hydroxyl groups is 5. The number of aliphatic hydroxyl groups excluding tert-OH is 5. The van der Waals surface area contributed by atoms with E-state index in [4.69, 9.17) is 9.47 Å². The summed E-state index contributed by atoms with van der Waals surface area (Å²) in [5, 5.41) is 54.9. The van der Waals surface area contributed by atoms with Crippen LogP contribution in [0.2, 0.25) is 0 Å². The molecule has 0 spiro atoms. The van der Waals surface area contributed by atoms with Gasteiger partial charge in [0.2, 0.25) is 5.91 Å². The van der Waals surface area contributed by atoms with Crippen molar-refractivity contribution in [3.8, 4) is 0 Å². The van der Waals surface area contributed by atoms with Crippen LogP contribution in [0, 0.1) is 0 Å². The number of unbranched alkanes of at least 4 members (excludes halogenated alkanes) is 49. The van der Waals surface area contributed by atoms with Gasteiger partial charge in [0.15, 0.2) is 6.29 Å². The van der Waals surface area contributed by atoms with Crippen LogP contribution in [0.5, 0.6) is 0 Å². The number of nitrogens with one attached hydrogen (secondary N) is 1. The van der Waals surface area contributed by atoms with E-state index < -0.39 is 49.5 Å². The number of hydrogen-bond donors (Lipinski definition) is 6. The van der Waals surface area contributed by atoms with Crippen molar-refractivity contribution in [1.82, 2.24) is 5.32 Å². The van der Waals surface area contributed by atoms with Gasteiger partial charge in [-0.05, 0) is 44.9 Å². The van der Waals surface area contributed by atoms with Gasteiger partial charge in [-0.25, -0.2) is 0 Å². The molecule has 0 bridgehead atoms. The van der Waals surface area contributed by atoms with Crippen molar-refractivity contribution < 1.29 is 39.8 Å². The van der Waals surface area contributed by atoms with Gasteiger partial charge >= 0.3 is 0 Å². The number of rotatable bonds is 63. The first kappa shape index (κ1) is 76.7. The molecular weight excluding hydrogens is 995 g/mol. The van der Waals surface area contributed by atoms with E-state index in [-0.39, 0.29) is 12.5 Å². The molecule has 1 amide bonds. The highest BCUT2D eigenvalue weighted by Gasteiger charge is 2.44. The Labute approximate surface area is 496 Å². The fraction of sp³-hybridized carbons (Fsp3) is 0.930. The second kappa shape index (κ2) is 60.8. The minimum Gasteiger partial charge on any atom is -0.394 e. The molecule has 1 heterocycles. The molecule has 80 heavy (non-hydrogen) atoms. The zero-order valence-corrected chi connectivity index (χ0v) is 53.1. The quantitative estimate of drug-likeness (QED) is 0.0261. The molecule has 1 aliphatic rings. The molecule has 9 heteroatoms. The van der Waals surface area contributed by atoms with Crippen LogP contribution in [0.25, 0.3) is 0 Å². The average molecular weight is 1130 g/mol. The standard InChI is InChI=1S/C71H137NO8/c1-3-5-7-9-11-13-15-17-19-21-23-25-27-28-29-30-31-32-33-34-35-36-37-38-39-41-43-45-47-49-51-53-55-57-59-61-67(75)72-64(63-79-71-70(78)69(77)68(76)66(62-73)80-71)65(74)60-58-56-54-52-50-48-46-44-42-40-26-24-22-20-18-16-14-12-10-8-6-4-2/h27-28,30-31,64-66,68-71,73-74,76-78H,3-26,29,32-63H2,1-2H3,(H,72,75)/b28-27-,31-30-. The van der Waals surface area contributed by atoms with E-state index in [0.717, 1.165) is 44.9 Å². The van der Waals surface area contributed by atoms with Crippen molar-refractivity contribution in [3.63, 3.8) is 0 Å². The van der Waals surface area contributed by atoms with E-state index in [2.05, 4.69) is 43.5 Å². The smallest absolute Gasteiger partial charge is 0.220 e. The third-order valence-electron chi connectivity index (χ3n) is 17.3. The van der Waals surface area contributed by atoms with Gasteiger partial charge in [-0.2, -0.15) is 0 Å². The predicted molar refractivity (Wildman–Crippen MR) is 341 cm³/mol. The molecule has 0 aliphatic carbocycles. The molecule has 0 saturated carbocycles. The van der Waals surface area contributed by atoms with Gasteiger partial charge in [0.05, 0.1) is 25.4 Å². The molecule has 1 aliphatic heterocycles. The maximum Gasteiger partial charge on any atom is 0.220 e. The molecule has 1 fully saturated rings. The molecule has 0 aromatic rings. The third-order valence-corrected chi connectivity index (χ3v) is 17.3. The summed E-state index contributed by atoms with van der Waals surface area (Å²) in [5.41, 5.74) is 0. The fourth-order valence-electron chi connectivity index (χ4n) is 11.7. The lowest BCUT2D eigenvalue weighted by molar-refractivity contribution is -0.302. The average Bonchev–Trinajstić information content (AvgIpc) is 3.46. The highest BCUT2D eigenvalue weighted by Crippen LogP contribution is 2.24. The SMILES string of the molecule is CCCCCCCCCCCCC/C=C\C/C=C\CCCCCCCCCCCCCCCCCCCC(=O)NC(COC1OC(CO)C(O)C(O)C1O)C(O)CCCCCCCCCCCCCCCCCCCCCCCC. The lowest BCUT2D eigenvalue weighted by Gasteiger charge is -2.40. The van der Waals surface area contributed by atoms with Crippen LogP contribution in [0.3, 0.4) is 0 Å². The molecule has 0 aromatic carbocycles. The summed E-state index contributed by atoms with van der Waals surface area (Å²) in [7, 11) is 0. The van der Waals surface area contributed by atoms with Gasteiger partial charge in [-0.1, -0.05) is 340 Å². The Balaban J connectivity index is 2.08. The van der Waals surface area contributed by atoms with E-state index in [1.54, 1.807) is 0 Å². The number of amides is 1. The van der Waals surface area contributed by atoms with Crippen molar-refractivity contribution in [1.29, 1.82) is 0 Å². The van der Waals surface area contributed by atoms with Gasteiger partial charge in [-0.15, -0.1) is 0 Å². The van der Waals surface area contributed by atoms with Crippen molar-refractivity contribution in [2.45, 2.75) is 410 Å². The second-order valence-corrected chi connectivity index (χ2v) is 25.0. The molecule has 474 valence electrons. The van der Waals surface area contributed by atoms with E-state index in [9.17, 15) is 30.3 Å². The summed E-state index contributed by atoms with van der Waals surface area (Å²) < 4.78 is 11.4. The number of allylic oxidation sites excluding steroid dienone is 4. The van der Waals surface area contributed by atoms with E-state index in [1.165, 1.54) is 295 Å². The maximum atomic E-state index is 13.1. The number of carbonyl (C=O) groups excluding carboxylic acids is 1. The first-order valence-electron chi connectivity index (χ1n) is 35.5. The Kier molecular flexibility index (Phi) is 58.3. The molecule has 0 aromatic heterocycles. The van der Waals surface area contributed by atoms with Gasteiger partial charge in [0.1, 0.15) is 24.4 Å². The van der Waals surface area contributed by atoms with Crippen molar-refractivity contribution in [2.75, 3.05) is 13.2 Å². The highest BCUT2D eigenvalue weighted by molar-refractivity contribution is 5.76.